The molecule has 0 spiro atoms. The Bertz CT molecular complexity index is 820. The van der Waals surface area contributed by atoms with Crippen molar-refractivity contribution in [3.05, 3.63) is 58.6 Å². The second-order valence-corrected chi connectivity index (χ2v) is 6.78. The molecule has 0 fully saturated rings. The first-order chi connectivity index (χ1) is 12.5. The molecule has 2 aromatic rings. The van der Waals surface area contributed by atoms with Crippen LogP contribution in [0.2, 0.25) is 5.02 Å². The summed E-state index contributed by atoms with van der Waals surface area (Å²) in [6, 6.07) is 12.4. The summed E-state index contributed by atoms with van der Waals surface area (Å²) in [4.78, 5) is 26.0. The minimum Gasteiger partial charge on any atom is -0.494 e. The Morgan fingerprint density at radius 3 is 2.65 bits per heavy atom. The number of benzene rings is 2. The molecule has 1 atom stereocenters. The lowest BCUT2D eigenvalue weighted by molar-refractivity contribution is -0.126. The number of halogens is 1. The van der Waals surface area contributed by atoms with Crippen LogP contribution in [0.4, 0.5) is 5.69 Å². The van der Waals surface area contributed by atoms with E-state index in [-0.39, 0.29) is 11.8 Å². The van der Waals surface area contributed by atoms with Gasteiger partial charge in [-0.3, -0.25) is 9.59 Å². The van der Waals surface area contributed by atoms with Crippen LogP contribution in [0.25, 0.3) is 0 Å². The van der Waals surface area contributed by atoms with Crippen molar-refractivity contribution in [3.8, 4) is 5.75 Å². The molecule has 1 aliphatic heterocycles. The molecule has 0 radical (unpaired) electrons. The second-order valence-electron chi connectivity index (χ2n) is 6.34. The van der Waals surface area contributed by atoms with Gasteiger partial charge in [0.2, 0.25) is 5.91 Å². The van der Waals surface area contributed by atoms with Crippen molar-refractivity contribution in [2.45, 2.75) is 26.3 Å². The van der Waals surface area contributed by atoms with E-state index in [1.807, 2.05) is 37.3 Å². The highest BCUT2D eigenvalue weighted by atomic mass is 35.5. The number of nitrogens with zero attached hydrogens (tertiary/aromatic N) is 1. The van der Waals surface area contributed by atoms with Crippen LogP contribution in [0, 0.1) is 6.92 Å². The number of ether oxygens (including phenoxy) is 1. The van der Waals surface area contributed by atoms with Crippen molar-refractivity contribution >= 4 is 29.1 Å². The SMILES string of the molecule is CC(=O)N[C@H]1C(=O)N(CCCOc2ccc(Cl)cc2)c2ccc(C)cc21. The van der Waals surface area contributed by atoms with Crippen LogP contribution in [-0.2, 0) is 9.59 Å². The summed E-state index contributed by atoms with van der Waals surface area (Å²) in [5, 5.41) is 3.42. The third-order valence-electron chi connectivity index (χ3n) is 4.25. The minimum absolute atomic E-state index is 0.104. The van der Waals surface area contributed by atoms with Crippen LogP contribution in [0.1, 0.15) is 30.5 Å². The Hall–Kier alpha value is -2.53. The molecule has 0 aliphatic carbocycles. The molecule has 1 heterocycles. The van der Waals surface area contributed by atoms with Gasteiger partial charge in [0.25, 0.3) is 5.91 Å². The number of hydrogen-bond donors (Lipinski definition) is 1. The highest BCUT2D eigenvalue weighted by Gasteiger charge is 2.37. The van der Waals surface area contributed by atoms with Gasteiger partial charge in [-0.1, -0.05) is 29.3 Å². The second kappa shape index (κ2) is 7.79. The van der Waals surface area contributed by atoms with E-state index in [0.29, 0.717) is 24.6 Å². The number of rotatable bonds is 6. The summed E-state index contributed by atoms with van der Waals surface area (Å²) in [6.07, 6.45) is 0.675. The molecule has 5 nitrogen and oxygen atoms in total. The molecule has 0 saturated heterocycles. The quantitative estimate of drug-likeness (QED) is 0.787. The number of hydrogen-bond acceptors (Lipinski definition) is 3. The van der Waals surface area contributed by atoms with Crippen LogP contribution >= 0.6 is 11.6 Å². The molecular weight excluding hydrogens is 352 g/mol. The van der Waals surface area contributed by atoms with E-state index in [9.17, 15) is 9.59 Å². The molecule has 0 aromatic heterocycles. The Kier molecular flexibility index (Phi) is 5.47. The zero-order valence-electron chi connectivity index (χ0n) is 14.8. The molecule has 0 saturated carbocycles. The van der Waals surface area contributed by atoms with Gasteiger partial charge >= 0.3 is 0 Å². The van der Waals surface area contributed by atoms with E-state index < -0.39 is 6.04 Å². The van der Waals surface area contributed by atoms with Gasteiger partial charge in [0.15, 0.2) is 0 Å². The van der Waals surface area contributed by atoms with Gasteiger partial charge in [-0.25, -0.2) is 0 Å². The number of carbonyl (C=O) groups excluding carboxylic acids is 2. The van der Waals surface area contributed by atoms with Gasteiger partial charge in [0, 0.05) is 29.7 Å². The Labute approximate surface area is 157 Å². The van der Waals surface area contributed by atoms with Crippen molar-refractivity contribution in [2.24, 2.45) is 0 Å². The van der Waals surface area contributed by atoms with E-state index in [2.05, 4.69) is 5.32 Å². The lowest BCUT2D eigenvalue weighted by Gasteiger charge is -2.18. The Balaban J connectivity index is 1.65. The number of carbonyl (C=O) groups is 2. The molecule has 3 rings (SSSR count). The highest BCUT2D eigenvalue weighted by molar-refractivity contribution is 6.30. The van der Waals surface area contributed by atoms with Crippen molar-refractivity contribution in [3.63, 3.8) is 0 Å². The molecule has 2 amide bonds. The summed E-state index contributed by atoms with van der Waals surface area (Å²) in [6.45, 7) is 4.40. The molecule has 2 aromatic carbocycles. The van der Waals surface area contributed by atoms with E-state index in [0.717, 1.165) is 22.6 Å². The van der Waals surface area contributed by atoms with E-state index in [4.69, 9.17) is 16.3 Å². The molecule has 0 unspecified atom stereocenters. The van der Waals surface area contributed by atoms with Crippen molar-refractivity contribution < 1.29 is 14.3 Å². The van der Waals surface area contributed by atoms with Gasteiger partial charge in [0.1, 0.15) is 11.8 Å². The van der Waals surface area contributed by atoms with Crippen molar-refractivity contribution in [1.29, 1.82) is 0 Å². The fourth-order valence-corrected chi connectivity index (χ4v) is 3.20. The number of aryl methyl sites for hydroxylation is 1. The van der Waals surface area contributed by atoms with Crippen molar-refractivity contribution in [1.82, 2.24) is 5.32 Å². The van der Waals surface area contributed by atoms with Crippen LogP contribution in [0.3, 0.4) is 0 Å². The van der Waals surface area contributed by atoms with E-state index in [1.54, 1.807) is 17.0 Å². The standard InChI is InChI=1S/C20H21ClN2O3/c1-13-4-9-18-17(12-13)19(22-14(2)24)20(25)23(18)10-3-11-26-16-7-5-15(21)6-8-16/h4-9,12,19H,3,10-11H2,1-2H3,(H,22,24)/t19-/m1/s1. The molecule has 26 heavy (non-hydrogen) atoms. The number of amides is 2. The normalized spacial score (nSPS) is 15.7. The van der Waals surface area contributed by atoms with E-state index in [1.165, 1.54) is 6.92 Å². The van der Waals surface area contributed by atoms with E-state index >= 15 is 0 Å². The third-order valence-corrected chi connectivity index (χ3v) is 4.51. The largest absolute Gasteiger partial charge is 0.494 e. The average Bonchev–Trinajstić information content (AvgIpc) is 2.84. The van der Waals surface area contributed by atoms with Gasteiger partial charge < -0.3 is 15.0 Å². The summed E-state index contributed by atoms with van der Waals surface area (Å²) in [7, 11) is 0. The smallest absolute Gasteiger partial charge is 0.254 e. The molecule has 6 heteroatoms. The summed E-state index contributed by atoms with van der Waals surface area (Å²) in [5.74, 6) is 0.422. The Morgan fingerprint density at radius 1 is 1.23 bits per heavy atom. The topological polar surface area (TPSA) is 58.6 Å². The molecular formula is C20H21ClN2O3. The van der Waals surface area contributed by atoms with Crippen LogP contribution in [0.15, 0.2) is 42.5 Å². The highest BCUT2D eigenvalue weighted by Crippen LogP contribution is 2.36. The average molecular weight is 373 g/mol. The molecule has 0 bridgehead atoms. The maximum Gasteiger partial charge on any atom is 0.254 e. The number of anilines is 1. The van der Waals surface area contributed by atoms with Crippen LogP contribution in [0.5, 0.6) is 5.75 Å². The first-order valence-corrected chi connectivity index (χ1v) is 8.91. The fourth-order valence-electron chi connectivity index (χ4n) is 3.08. The fraction of sp³-hybridized carbons (Fsp3) is 0.300. The van der Waals surface area contributed by atoms with Gasteiger partial charge in [-0.05, 0) is 43.7 Å². The number of nitrogens with one attached hydrogen (secondary N) is 1. The first kappa shape index (κ1) is 18.3. The molecule has 136 valence electrons. The summed E-state index contributed by atoms with van der Waals surface area (Å²) >= 11 is 5.85. The Morgan fingerprint density at radius 2 is 1.96 bits per heavy atom. The third kappa shape index (κ3) is 3.99. The first-order valence-electron chi connectivity index (χ1n) is 8.53. The molecule has 1 N–H and O–H groups in total. The maximum atomic E-state index is 12.8. The number of fused-ring (bicyclic) bond motifs is 1. The van der Waals surface area contributed by atoms with Crippen LogP contribution in [-0.4, -0.2) is 25.0 Å². The minimum atomic E-state index is -0.611. The zero-order valence-corrected chi connectivity index (χ0v) is 15.5. The predicted molar refractivity (Wildman–Crippen MR) is 102 cm³/mol. The summed E-state index contributed by atoms with van der Waals surface area (Å²) < 4.78 is 5.69. The van der Waals surface area contributed by atoms with Crippen molar-refractivity contribution in [2.75, 3.05) is 18.1 Å². The lowest BCUT2D eigenvalue weighted by Crippen LogP contribution is -2.37. The predicted octanol–water partition coefficient (Wildman–Crippen LogP) is 3.64. The van der Waals surface area contributed by atoms with Gasteiger partial charge in [0.05, 0.1) is 6.61 Å². The van der Waals surface area contributed by atoms with Gasteiger partial charge in [-0.2, -0.15) is 0 Å². The monoisotopic (exact) mass is 372 g/mol. The zero-order chi connectivity index (χ0) is 18.7. The maximum absolute atomic E-state index is 12.8. The molecule has 1 aliphatic rings. The summed E-state index contributed by atoms with van der Waals surface area (Å²) in [5.41, 5.74) is 2.76. The van der Waals surface area contributed by atoms with Crippen LogP contribution < -0.4 is 15.0 Å². The lowest BCUT2D eigenvalue weighted by atomic mass is 10.1. The van der Waals surface area contributed by atoms with Gasteiger partial charge in [-0.15, -0.1) is 0 Å².